The first-order chi connectivity index (χ1) is 11.4. The average molecular weight is 313 g/mol. The quantitative estimate of drug-likeness (QED) is 0.434. The Morgan fingerprint density at radius 1 is 0.696 bits per heavy atom. The summed E-state index contributed by atoms with van der Waals surface area (Å²) in [5.41, 5.74) is 1.80. The van der Waals surface area contributed by atoms with Gasteiger partial charge in [0.15, 0.2) is 0 Å². The highest BCUT2D eigenvalue weighted by Gasteiger charge is 2.08. The van der Waals surface area contributed by atoms with Crippen molar-refractivity contribution in [2.24, 2.45) is 0 Å². The van der Waals surface area contributed by atoms with Crippen LogP contribution in [0.1, 0.15) is 0 Å². The van der Waals surface area contributed by atoms with Gasteiger partial charge in [0.05, 0.1) is 11.4 Å². The number of pyridine rings is 3. The first kappa shape index (κ1) is 12.7. The minimum Gasteiger partial charge on any atom is -0.264 e. The summed E-state index contributed by atoms with van der Waals surface area (Å²) in [5, 5.41) is 4.64. The molecule has 5 aromatic rings. The van der Waals surface area contributed by atoms with E-state index >= 15 is 0 Å². The highest BCUT2D eigenvalue weighted by Crippen LogP contribution is 2.34. The molecule has 0 radical (unpaired) electrons. The summed E-state index contributed by atoms with van der Waals surface area (Å²) in [6.45, 7) is 0. The lowest BCUT2D eigenvalue weighted by molar-refractivity contribution is 1.27. The van der Waals surface area contributed by atoms with Crippen molar-refractivity contribution in [3.8, 4) is 11.4 Å². The molecular formula is C19H11N3S. The van der Waals surface area contributed by atoms with E-state index in [1.165, 1.54) is 20.2 Å². The summed E-state index contributed by atoms with van der Waals surface area (Å²) in [6, 6.07) is 14.6. The zero-order valence-electron chi connectivity index (χ0n) is 12.1. The molecule has 0 saturated carbocycles. The largest absolute Gasteiger partial charge is 0.264 e. The molecule has 0 aliphatic rings. The Morgan fingerprint density at radius 2 is 1.57 bits per heavy atom. The maximum atomic E-state index is 4.63. The third-order valence-corrected chi connectivity index (χ3v) is 5.18. The van der Waals surface area contributed by atoms with Gasteiger partial charge in [-0.3, -0.25) is 15.0 Å². The summed E-state index contributed by atoms with van der Waals surface area (Å²) in [6.07, 6.45) is 7.44. The van der Waals surface area contributed by atoms with Crippen molar-refractivity contribution in [2.45, 2.75) is 0 Å². The molecule has 5 rings (SSSR count). The molecule has 0 atom stereocenters. The van der Waals surface area contributed by atoms with Crippen LogP contribution in [0.3, 0.4) is 0 Å². The van der Waals surface area contributed by atoms with E-state index in [0.29, 0.717) is 0 Å². The molecule has 4 heteroatoms. The maximum Gasteiger partial charge on any atom is 0.0900 e. The Hall–Kier alpha value is -2.85. The van der Waals surface area contributed by atoms with Crippen LogP contribution in [0.5, 0.6) is 0 Å². The van der Waals surface area contributed by atoms with Crippen LogP contribution in [-0.2, 0) is 0 Å². The molecule has 0 aliphatic carbocycles. The van der Waals surface area contributed by atoms with Crippen molar-refractivity contribution in [1.29, 1.82) is 0 Å². The number of fused-ring (bicyclic) bond motifs is 4. The fourth-order valence-electron chi connectivity index (χ4n) is 2.88. The molecule has 108 valence electrons. The van der Waals surface area contributed by atoms with Gasteiger partial charge in [0.2, 0.25) is 0 Å². The van der Waals surface area contributed by atoms with Crippen molar-refractivity contribution in [3.05, 3.63) is 67.3 Å². The third-order valence-electron chi connectivity index (χ3n) is 4.05. The Balaban J connectivity index is 1.73. The van der Waals surface area contributed by atoms with Crippen LogP contribution >= 0.6 is 11.3 Å². The Kier molecular flexibility index (Phi) is 2.66. The van der Waals surface area contributed by atoms with Crippen molar-refractivity contribution in [1.82, 2.24) is 15.0 Å². The van der Waals surface area contributed by atoms with Gasteiger partial charge in [-0.25, -0.2) is 0 Å². The highest BCUT2D eigenvalue weighted by atomic mass is 32.1. The predicted molar refractivity (Wildman–Crippen MR) is 95.7 cm³/mol. The Bertz CT molecular complexity index is 1180. The topological polar surface area (TPSA) is 38.7 Å². The molecule has 1 aromatic carbocycles. The summed E-state index contributed by atoms with van der Waals surface area (Å²) >= 11 is 1.80. The van der Waals surface area contributed by atoms with Crippen LogP contribution in [0.15, 0.2) is 67.3 Å². The molecule has 23 heavy (non-hydrogen) atoms. The molecule has 3 nitrogen and oxygen atoms in total. The van der Waals surface area contributed by atoms with E-state index in [9.17, 15) is 0 Å². The highest BCUT2D eigenvalue weighted by molar-refractivity contribution is 7.25. The van der Waals surface area contributed by atoms with Crippen molar-refractivity contribution >= 4 is 42.3 Å². The zero-order chi connectivity index (χ0) is 15.2. The molecule has 0 aliphatic heterocycles. The van der Waals surface area contributed by atoms with Crippen molar-refractivity contribution in [2.75, 3.05) is 0 Å². The number of hydrogen-bond donors (Lipinski definition) is 0. The maximum absolute atomic E-state index is 4.63. The zero-order valence-corrected chi connectivity index (χ0v) is 12.9. The molecule has 0 saturated heterocycles. The molecule has 0 N–H and O–H groups in total. The van der Waals surface area contributed by atoms with Crippen molar-refractivity contribution in [3.63, 3.8) is 0 Å². The molecule has 0 amide bonds. The second-order valence-corrected chi connectivity index (χ2v) is 6.54. The number of hydrogen-bond acceptors (Lipinski definition) is 4. The molecule has 0 unspecified atom stereocenters. The van der Waals surface area contributed by atoms with Gasteiger partial charge >= 0.3 is 0 Å². The van der Waals surface area contributed by atoms with Gasteiger partial charge in [0, 0.05) is 50.3 Å². The average Bonchev–Trinajstić information content (AvgIpc) is 2.99. The van der Waals surface area contributed by atoms with E-state index in [0.717, 1.165) is 22.2 Å². The number of nitrogens with zero attached hydrogens (tertiary/aromatic N) is 3. The van der Waals surface area contributed by atoms with E-state index in [4.69, 9.17) is 0 Å². The fraction of sp³-hybridized carbons (Fsp3) is 0. The van der Waals surface area contributed by atoms with Crippen LogP contribution in [0.25, 0.3) is 42.3 Å². The molecule has 0 bridgehead atoms. The lowest BCUT2D eigenvalue weighted by Gasteiger charge is -2.02. The molecular weight excluding hydrogens is 302 g/mol. The first-order valence-electron chi connectivity index (χ1n) is 7.36. The Morgan fingerprint density at radius 3 is 2.57 bits per heavy atom. The number of aromatic nitrogens is 3. The summed E-state index contributed by atoms with van der Waals surface area (Å²) in [5.74, 6) is 0. The van der Waals surface area contributed by atoms with E-state index in [1.54, 1.807) is 17.5 Å². The van der Waals surface area contributed by atoms with Gasteiger partial charge in [-0.1, -0.05) is 18.2 Å². The van der Waals surface area contributed by atoms with Crippen LogP contribution in [-0.4, -0.2) is 15.0 Å². The lowest BCUT2D eigenvalue weighted by Crippen LogP contribution is -1.87. The predicted octanol–water partition coefficient (Wildman–Crippen LogP) is 5.06. The second-order valence-electron chi connectivity index (χ2n) is 5.46. The normalized spacial score (nSPS) is 11.5. The summed E-state index contributed by atoms with van der Waals surface area (Å²) in [4.78, 5) is 13.3. The third kappa shape index (κ3) is 1.99. The standard InChI is InChI=1S/C19H11N3S/c1-2-4-18-14(3-1)15-11-22-17(8-19(15)23-18)16-7-12-5-6-20-9-13(12)10-21-16/h1-11H. The summed E-state index contributed by atoms with van der Waals surface area (Å²) < 4.78 is 2.53. The molecule has 0 spiro atoms. The Labute approximate surface area is 136 Å². The van der Waals surface area contributed by atoms with Gasteiger partial charge in [0.25, 0.3) is 0 Å². The van der Waals surface area contributed by atoms with E-state index in [-0.39, 0.29) is 0 Å². The van der Waals surface area contributed by atoms with Gasteiger partial charge < -0.3 is 0 Å². The minimum atomic E-state index is 0.892. The lowest BCUT2D eigenvalue weighted by atomic mass is 10.1. The van der Waals surface area contributed by atoms with E-state index in [2.05, 4.69) is 51.4 Å². The van der Waals surface area contributed by atoms with E-state index in [1.807, 2.05) is 24.7 Å². The van der Waals surface area contributed by atoms with Gasteiger partial charge in [-0.2, -0.15) is 0 Å². The number of thiophene rings is 1. The van der Waals surface area contributed by atoms with Crippen LogP contribution in [0.4, 0.5) is 0 Å². The van der Waals surface area contributed by atoms with Gasteiger partial charge in [-0.05, 0) is 29.7 Å². The van der Waals surface area contributed by atoms with Crippen LogP contribution in [0, 0.1) is 0 Å². The second kappa shape index (κ2) is 4.83. The molecule has 4 heterocycles. The SMILES string of the molecule is c1ccc2c(c1)sc1cc(-c3cc4ccncc4cn3)ncc12. The van der Waals surface area contributed by atoms with Gasteiger partial charge in [0.1, 0.15) is 0 Å². The smallest absolute Gasteiger partial charge is 0.0900 e. The summed E-state index contributed by atoms with van der Waals surface area (Å²) in [7, 11) is 0. The van der Waals surface area contributed by atoms with E-state index < -0.39 is 0 Å². The fourth-order valence-corrected chi connectivity index (χ4v) is 4.00. The van der Waals surface area contributed by atoms with Crippen LogP contribution < -0.4 is 0 Å². The first-order valence-corrected chi connectivity index (χ1v) is 8.17. The van der Waals surface area contributed by atoms with Gasteiger partial charge in [-0.15, -0.1) is 11.3 Å². The number of rotatable bonds is 1. The molecule has 4 aromatic heterocycles. The number of benzene rings is 1. The minimum absolute atomic E-state index is 0.892. The monoisotopic (exact) mass is 313 g/mol. The molecule has 0 fully saturated rings. The van der Waals surface area contributed by atoms with Crippen LogP contribution in [0.2, 0.25) is 0 Å². The van der Waals surface area contributed by atoms with Crippen molar-refractivity contribution < 1.29 is 0 Å².